The van der Waals surface area contributed by atoms with Gasteiger partial charge in [-0.25, -0.2) is 0 Å². The third kappa shape index (κ3) is 4.46. The summed E-state index contributed by atoms with van der Waals surface area (Å²) < 4.78 is 0. The quantitative estimate of drug-likeness (QED) is 0.817. The molecule has 0 amide bonds. The van der Waals surface area contributed by atoms with Crippen LogP contribution in [0.15, 0.2) is 0 Å². The lowest BCUT2D eigenvalue weighted by atomic mass is 9.76. The molecule has 2 heterocycles. The summed E-state index contributed by atoms with van der Waals surface area (Å²) in [4.78, 5) is 2.79. The number of nitrogens with zero attached hydrogens (tertiary/aromatic N) is 1. The molecule has 0 aromatic carbocycles. The summed E-state index contributed by atoms with van der Waals surface area (Å²) >= 11 is 0. The Morgan fingerprint density at radius 2 is 2.05 bits per heavy atom. The third-order valence-corrected chi connectivity index (χ3v) is 5.42. The summed E-state index contributed by atoms with van der Waals surface area (Å²) in [6.07, 6.45) is 11.3. The molecule has 2 atom stereocenters. The van der Waals surface area contributed by atoms with E-state index in [1.807, 2.05) is 0 Å². The number of nitrogens with one attached hydrogen (secondary N) is 1. The summed E-state index contributed by atoms with van der Waals surface area (Å²) in [6.45, 7) is 11.3. The molecule has 0 aliphatic carbocycles. The van der Waals surface area contributed by atoms with E-state index in [2.05, 4.69) is 24.1 Å². The summed E-state index contributed by atoms with van der Waals surface area (Å²) in [6, 6.07) is 0. The molecular weight excluding hydrogens is 232 g/mol. The van der Waals surface area contributed by atoms with Crippen LogP contribution < -0.4 is 5.32 Å². The first-order valence-corrected chi connectivity index (χ1v) is 8.71. The second-order valence-electron chi connectivity index (χ2n) is 7.01. The number of hydrogen-bond acceptors (Lipinski definition) is 2. The van der Waals surface area contributed by atoms with Gasteiger partial charge in [-0.2, -0.15) is 0 Å². The zero-order chi connectivity index (χ0) is 13.6. The highest BCUT2D eigenvalue weighted by Crippen LogP contribution is 2.33. The van der Waals surface area contributed by atoms with Gasteiger partial charge in [0, 0.05) is 13.1 Å². The minimum absolute atomic E-state index is 0.582. The van der Waals surface area contributed by atoms with Gasteiger partial charge in [-0.05, 0) is 69.5 Å². The maximum atomic E-state index is 3.66. The Morgan fingerprint density at radius 1 is 1.16 bits per heavy atom. The Bertz CT molecular complexity index is 240. The molecule has 112 valence electrons. The van der Waals surface area contributed by atoms with Crippen LogP contribution >= 0.6 is 0 Å². The summed E-state index contributed by atoms with van der Waals surface area (Å²) in [5, 5.41) is 3.66. The topological polar surface area (TPSA) is 15.3 Å². The van der Waals surface area contributed by atoms with E-state index < -0.39 is 0 Å². The lowest BCUT2D eigenvalue weighted by Crippen LogP contribution is -2.47. The van der Waals surface area contributed by atoms with Gasteiger partial charge in [0.25, 0.3) is 0 Å². The fourth-order valence-corrected chi connectivity index (χ4v) is 4.25. The molecule has 0 spiro atoms. The van der Waals surface area contributed by atoms with E-state index in [1.54, 1.807) is 0 Å². The molecule has 0 aromatic heterocycles. The Kier molecular flexibility index (Phi) is 6.15. The molecular formula is C17H34N2. The van der Waals surface area contributed by atoms with Crippen molar-refractivity contribution in [1.82, 2.24) is 10.2 Å². The Hall–Kier alpha value is -0.0800. The van der Waals surface area contributed by atoms with Crippen molar-refractivity contribution >= 4 is 0 Å². The third-order valence-electron chi connectivity index (χ3n) is 5.42. The number of likely N-dealkylation sites (tertiary alicyclic amines) is 1. The van der Waals surface area contributed by atoms with E-state index in [1.165, 1.54) is 84.1 Å². The van der Waals surface area contributed by atoms with Crippen LogP contribution in [0.25, 0.3) is 0 Å². The first-order chi connectivity index (χ1) is 9.28. The van der Waals surface area contributed by atoms with Crippen LogP contribution in [0.3, 0.4) is 0 Å². The molecule has 0 bridgehead atoms. The van der Waals surface area contributed by atoms with E-state index in [0.717, 1.165) is 5.92 Å². The highest BCUT2D eigenvalue weighted by molar-refractivity contribution is 4.88. The minimum atomic E-state index is 0.582. The van der Waals surface area contributed by atoms with Crippen LogP contribution in [-0.2, 0) is 0 Å². The average molecular weight is 266 g/mol. The zero-order valence-corrected chi connectivity index (χ0v) is 13.2. The van der Waals surface area contributed by atoms with Crippen molar-refractivity contribution in [2.45, 2.75) is 65.2 Å². The monoisotopic (exact) mass is 266 g/mol. The standard InChI is InChI=1S/C17H34N2/c1-3-9-17(10-6-11-18-14-17)15-19-12-5-7-16(4-2)8-13-19/h16,18H,3-15H2,1-2H3. The van der Waals surface area contributed by atoms with E-state index in [9.17, 15) is 0 Å². The van der Waals surface area contributed by atoms with Gasteiger partial charge in [0.05, 0.1) is 0 Å². The van der Waals surface area contributed by atoms with Gasteiger partial charge in [0.1, 0.15) is 0 Å². The van der Waals surface area contributed by atoms with E-state index in [0.29, 0.717) is 5.41 Å². The predicted octanol–water partition coefficient (Wildman–Crippen LogP) is 3.67. The normalized spacial score (nSPS) is 34.1. The van der Waals surface area contributed by atoms with Crippen molar-refractivity contribution in [2.75, 3.05) is 32.7 Å². The molecule has 19 heavy (non-hydrogen) atoms. The Balaban J connectivity index is 1.89. The summed E-state index contributed by atoms with van der Waals surface area (Å²) in [5.41, 5.74) is 0.582. The van der Waals surface area contributed by atoms with Crippen molar-refractivity contribution in [3.05, 3.63) is 0 Å². The fourth-order valence-electron chi connectivity index (χ4n) is 4.25. The maximum absolute atomic E-state index is 3.66. The number of piperidine rings is 1. The van der Waals surface area contributed by atoms with Crippen molar-refractivity contribution in [1.29, 1.82) is 0 Å². The molecule has 1 N–H and O–H groups in total. The van der Waals surface area contributed by atoms with Crippen molar-refractivity contribution < 1.29 is 0 Å². The van der Waals surface area contributed by atoms with Crippen LogP contribution in [0.1, 0.15) is 65.2 Å². The Labute approximate surface area is 120 Å². The highest BCUT2D eigenvalue weighted by Gasteiger charge is 2.33. The van der Waals surface area contributed by atoms with Crippen molar-refractivity contribution in [3.63, 3.8) is 0 Å². The van der Waals surface area contributed by atoms with E-state index in [-0.39, 0.29) is 0 Å². The SMILES string of the molecule is CCCC1(CN2CCCC(CC)CC2)CCCNC1. The van der Waals surface area contributed by atoms with Crippen LogP contribution in [0.2, 0.25) is 0 Å². The second kappa shape index (κ2) is 7.64. The van der Waals surface area contributed by atoms with Crippen molar-refractivity contribution in [3.8, 4) is 0 Å². The molecule has 2 fully saturated rings. The maximum Gasteiger partial charge on any atom is 0.00501 e. The van der Waals surface area contributed by atoms with E-state index in [4.69, 9.17) is 0 Å². The van der Waals surface area contributed by atoms with Crippen LogP contribution in [0.4, 0.5) is 0 Å². The van der Waals surface area contributed by atoms with Crippen LogP contribution in [-0.4, -0.2) is 37.6 Å². The largest absolute Gasteiger partial charge is 0.316 e. The summed E-state index contributed by atoms with van der Waals surface area (Å²) in [7, 11) is 0. The van der Waals surface area contributed by atoms with Gasteiger partial charge >= 0.3 is 0 Å². The number of rotatable bonds is 5. The average Bonchev–Trinajstić information content (AvgIpc) is 2.65. The lowest BCUT2D eigenvalue weighted by molar-refractivity contribution is 0.107. The van der Waals surface area contributed by atoms with Crippen molar-refractivity contribution in [2.24, 2.45) is 11.3 Å². The van der Waals surface area contributed by atoms with E-state index >= 15 is 0 Å². The minimum Gasteiger partial charge on any atom is -0.316 e. The van der Waals surface area contributed by atoms with Gasteiger partial charge in [-0.15, -0.1) is 0 Å². The first-order valence-electron chi connectivity index (χ1n) is 8.71. The molecule has 2 heteroatoms. The second-order valence-corrected chi connectivity index (χ2v) is 7.01. The van der Waals surface area contributed by atoms with Gasteiger partial charge in [0.15, 0.2) is 0 Å². The molecule has 2 nitrogen and oxygen atoms in total. The molecule has 0 radical (unpaired) electrons. The molecule has 2 saturated heterocycles. The van der Waals surface area contributed by atoms with Crippen LogP contribution in [0.5, 0.6) is 0 Å². The fraction of sp³-hybridized carbons (Fsp3) is 1.00. The predicted molar refractivity (Wildman–Crippen MR) is 83.5 cm³/mol. The Morgan fingerprint density at radius 3 is 2.74 bits per heavy atom. The smallest absolute Gasteiger partial charge is 0.00501 e. The molecule has 2 aliphatic heterocycles. The number of hydrogen-bond donors (Lipinski definition) is 1. The molecule has 0 aromatic rings. The zero-order valence-electron chi connectivity index (χ0n) is 13.2. The summed E-state index contributed by atoms with van der Waals surface area (Å²) in [5.74, 6) is 0.997. The van der Waals surface area contributed by atoms with Gasteiger partial charge in [-0.3, -0.25) is 0 Å². The first kappa shape index (κ1) is 15.3. The van der Waals surface area contributed by atoms with Gasteiger partial charge in [0.2, 0.25) is 0 Å². The molecule has 2 aliphatic rings. The molecule has 2 unspecified atom stereocenters. The molecule has 0 saturated carbocycles. The highest BCUT2D eigenvalue weighted by atomic mass is 15.1. The van der Waals surface area contributed by atoms with Gasteiger partial charge in [-0.1, -0.05) is 26.7 Å². The van der Waals surface area contributed by atoms with Gasteiger partial charge < -0.3 is 10.2 Å². The lowest BCUT2D eigenvalue weighted by Gasteiger charge is -2.41. The van der Waals surface area contributed by atoms with Crippen LogP contribution in [0, 0.1) is 11.3 Å². The molecule has 2 rings (SSSR count).